The van der Waals surface area contributed by atoms with Gasteiger partial charge in [-0.25, -0.2) is 12.4 Å². The molecule has 0 amide bonds. The Hall–Kier alpha value is -2.33. The van der Waals surface area contributed by atoms with Crippen molar-refractivity contribution in [2.24, 2.45) is 0 Å². The van der Waals surface area contributed by atoms with Crippen LogP contribution in [0.4, 0.5) is 0 Å². The summed E-state index contributed by atoms with van der Waals surface area (Å²) in [7, 11) is -3.51. The summed E-state index contributed by atoms with van der Waals surface area (Å²) < 4.78 is 26.1. The molecule has 1 aromatic heterocycles. The zero-order valence-electron chi connectivity index (χ0n) is 10.7. The summed E-state index contributed by atoms with van der Waals surface area (Å²) in [4.78, 5) is 0.287. The van der Waals surface area contributed by atoms with Gasteiger partial charge in [0.2, 0.25) is 0 Å². The Morgan fingerprint density at radius 2 is 1.30 bits per heavy atom. The van der Waals surface area contributed by atoms with Crippen LogP contribution in [-0.4, -0.2) is 12.4 Å². The second-order valence-electron chi connectivity index (χ2n) is 4.41. The lowest BCUT2D eigenvalue weighted by Gasteiger charge is -2.05. The van der Waals surface area contributed by atoms with Crippen LogP contribution < -0.4 is 0 Å². The zero-order valence-corrected chi connectivity index (χ0v) is 11.5. The summed E-state index contributed by atoms with van der Waals surface area (Å²) in [6.07, 6.45) is 3.21. The van der Waals surface area contributed by atoms with Crippen molar-refractivity contribution in [3.63, 3.8) is 0 Å². The van der Waals surface area contributed by atoms with Crippen LogP contribution in [-0.2, 0) is 10.0 Å². The van der Waals surface area contributed by atoms with E-state index >= 15 is 0 Å². The molecule has 100 valence electrons. The highest BCUT2D eigenvalue weighted by Gasteiger charge is 2.16. The van der Waals surface area contributed by atoms with Crippen molar-refractivity contribution >= 4 is 10.0 Å². The third-order valence-corrected chi connectivity index (χ3v) is 4.74. The lowest BCUT2D eigenvalue weighted by molar-refractivity contribution is 0.587. The average Bonchev–Trinajstić information content (AvgIpc) is 3.00. The molecule has 3 rings (SSSR count). The van der Waals surface area contributed by atoms with Gasteiger partial charge in [0.25, 0.3) is 10.0 Å². The van der Waals surface area contributed by atoms with Crippen molar-refractivity contribution in [1.29, 1.82) is 0 Å². The highest BCUT2D eigenvalue weighted by Crippen LogP contribution is 2.22. The van der Waals surface area contributed by atoms with Crippen LogP contribution in [0, 0.1) is 0 Å². The summed E-state index contributed by atoms with van der Waals surface area (Å²) in [5.41, 5.74) is 1.87. The normalized spacial score (nSPS) is 11.4. The molecule has 0 aliphatic heterocycles. The summed E-state index contributed by atoms with van der Waals surface area (Å²) in [5, 5.41) is 0. The van der Waals surface area contributed by atoms with Gasteiger partial charge in [0, 0.05) is 18.0 Å². The van der Waals surface area contributed by atoms with Gasteiger partial charge >= 0.3 is 0 Å². The maximum Gasteiger partial charge on any atom is 0.267 e. The Kier molecular flexibility index (Phi) is 3.16. The van der Waals surface area contributed by atoms with Gasteiger partial charge < -0.3 is 0 Å². The summed E-state index contributed by atoms with van der Waals surface area (Å²) in [6.45, 7) is 0. The van der Waals surface area contributed by atoms with Crippen LogP contribution in [0.5, 0.6) is 0 Å². The first kappa shape index (κ1) is 12.7. The molecule has 0 aliphatic rings. The lowest BCUT2D eigenvalue weighted by atomic mass is 10.1. The average molecular weight is 283 g/mol. The van der Waals surface area contributed by atoms with Crippen molar-refractivity contribution in [1.82, 2.24) is 3.97 Å². The van der Waals surface area contributed by atoms with Gasteiger partial charge in [0.15, 0.2) is 0 Å². The zero-order chi connectivity index (χ0) is 14.0. The van der Waals surface area contributed by atoms with E-state index in [0.717, 1.165) is 11.1 Å². The SMILES string of the molecule is O=S(=O)(c1ccccc1)n1ccc(-c2ccccc2)c1. The summed E-state index contributed by atoms with van der Waals surface area (Å²) in [5.74, 6) is 0. The molecule has 2 aromatic carbocycles. The number of hydrogen-bond acceptors (Lipinski definition) is 2. The maximum absolute atomic E-state index is 12.4. The van der Waals surface area contributed by atoms with Crippen LogP contribution >= 0.6 is 0 Å². The van der Waals surface area contributed by atoms with E-state index in [9.17, 15) is 8.42 Å². The maximum atomic E-state index is 12.4. The number of aromatic nitrogens is 1. The van der Waals surface area contributed by atoms with Crippen molar-refractivity contribution in [3.05, 3.63) is 79.1 Å². The molecule has 0 saturated heterocycles. The van der Waals surface area contributed by atoms with E-state index in [1.54, 1.807) is 48.8 Å². The molecule has 0 atom stereocenters. The fraction of sp³-hybridized carbons (Fsp3) is 0. The molecule has 0 bridgehead atoms. The molecule has 0 unspecified atom stereocenters. The van der Waals surface area contributed by atoms with Gasteiger partial charge in [0.1, 0.15) is 0 Å². The minimum Gasteiger partial charge on any atom is -0.248 e. The second kappa shape index (κ2) is 4.98. The molecule has 4 heteroatoms. The quantitative estimate of drug-likeness (QED) is 0.739. The largest absolute Gasteiger partial charge is 0.267 e. The van der Waals surface area contributed by atoms with Crippen molar-refractivity contribution in [2.75, 3.05) is 0 Å². The van der Waals surface area contributed by atoms with E-state index in [4.69, 9.17) is 0 Å². The van der Waals surface area contributed by atoms with E-state index < -0.39 is 10.0 Å². The number of benzene rings is 2. The molecule has 3 aromatic rings. The summed E-state index contributed by atoms with van der Waals surface area (Å²) in [6, 6.07) is 19.9. The smallest absolute Gasteiger partial charge is 0.248 e. The fourth-order valence-corrected chi connectivity index (χ4v) is 3.26. The van der Waals surface area contributed by atoms with Gasteiger partial charge in [-0.2, -0.15) is 0 Å². The predicted octanol–water partition coefficient (Wildman–Crippen LogP) is 3.39. The van der Waals surface area contributed by atoms with Gasteiger partial charge in [-0.3, -0.25) is 0 Å². The Bertz CT molecular complexity index is 806. The van der Waals surface area contributed by atoms with Crippen LogP contribution in [0.2, 0.25) is 0 Å². The fourth-order valence-electron chi connectivity index (χ4n) is 2.04. The molecule has 0 radical (unpaired) electrons. The molecular formula is C16H13NO2S. The third-order valence-electron chi connectivity index (χ3n) is 3.09. The molecule has 3 nitrogen and oxygen atoms in total. The van der Waals surface area contributed by atoms with E-state index in [0.29, 0.717) is 0 Å². The molecule has 0 spiro atoms. The highest BCUT2D eigenvalue weighted by molar-refractivity contribution is 7.90. The number of nitrogens with zero attached hydrogens (tertiary/aromatic N) is 1. The first-order valence-corrected chi connectivity index (χ1v) is 7.66. The first-order valence-electron chi connectivity index (χ1n) is 6.22. The second-order valence-corrected chi connectivity index (χ2v) is 6.26. The van der Waals surface area contributed by atoms with Crippen molar-refractivity contribution < 1.29 is 8.42 Å². The minimum absolute atomic E-state index is 0.287. The standard InChI is InChI=1S/C16H13NO2S/c18-20(19,16-9-5-2-6-10-16)17-12-11-15(13-17)14-7-3-1-4-8-14/h1-13H. The van der Waals surface area contributed by atoms with Gasteiger partial charge in [-0.15, -0.1) is 0 Å². The molecule has 0 saturated carbocycles. The Labute approximate surface area is 118 Å². The van der Waals surface area contributed by atoms with Crippen molar-refractivity contribution in [3.8, 4) is 11.1 Å². The molecule has 0 N–H and O–H groups in total. The topological polar surface area (TPSA) is 39.1 Å². The molecule has 0 aliphatic carbocycles. The minimum atomic E-state index is -3.51. The molecule has 1 heterocycles. The third kappa shape index (κ3) is 2.26. The number of hydrogen-bond donors (Lipinski definition) is 0. The number of rotatable bonds is 3. The lowest BCUT2D eigenvalue weighted by Crippen LogP contribution is -2.10. The van der Waals surface area contributed by atoms with Crippen molar-refractivity contribution in [2.45, 2.75) is 4.90 Å². The van der Waals surface area contributed by atoms with E-state index in [1.807, 2.05) is 30.3 Å². The Morgan fingerprint density at radius 3 is 1.95 bits per heavy atom. The predicted molar refractivity (Wildman–Crippen MR) is 78.9 cm³/mol. The molecule has 0 fully saturated rings. The molecule has 20 heavy (non-hydrogen) atoms. The Morgan fingerprint density at radius 1 is 0.700 bits per heavy atom. The van der Waals surface area contributed by atoms with Gasteiger partial charge in [-0.1, -0.05) is 48.5 Å². The summed E-state index contributed by atoms with van der Waals surface area (Å²) >= 11 is 0. The van der Waals surface area contributed by atoms with E-state index in [1.165, 1.54) is 3.97 Å². The van der Waals surface area contributed by atoms with E-state index in [-0.39, 0.29) is 4.90 Å². The van der Waals surface area contributed by atoms with E-state index in [2.05, 4.69) is 0 Å². The van der Waals surface area contributed by atoms with Gasteiger partial charge in [-0.05, 0) is 23.8 Å². The van der Waals surface area contributed by atoms with Crippen LogP contribution in [0.25, 0.3) is 11.1 Å². The highest BCUT2D eigenvalue weighted by atomic mass is 32.2. The monoisotopic (exact) mass is 283 g/mol. The Balaban J connectivity index is 2.03. The molecular weight excluding hydrogens is 270 g/mol. The van der Waals surface area contributed by atoms with Gasteiger partial charge in [0.05, 0.1) is 4.90 Å². The van der Waals surface area contributed by atoms with Crippen LogP contribution in [0.3, 0.4) is 0 Å². The first-order chi connectivity index (χ1) is 9.68. The van der Waals surface area contributed by atoms with Crippen LogP contribution in [0.15, 0.2) is 84.0 Å². The van der Waals surface area contributed by atoms with Crippen LogP contribution in [0.1, 0.15) is 0 Å².